The van der Waals surface area contributed by atoms with Crippen LogP contribution in [-0.2, 0) is 4.79 Å². The standard InChI is InChI=1S/C18H21N5O2/c1-11-9-15(22-7-6-14(10-22)20-13(3)24)18-19-12(2)17(23(18)21-11)16-5-4-8-25-16/h4-5,8-9,14H,6-7,10H2,1-3H3,(H,20,24)/t14-/m1/s1. The van der Waals surface area contributed by atoms with Gasteiger partial charge in [-0.05, 0) is 38.5 Å². The number of rotatable bonds is 3. The molecule has 0 spiro atoms. The first-order valence-electron chi connectivity index (χ1n) is 8.46. The summed E-state index contributed by atoms with van der Waals surface area (Å²) in [4.78, 5) is 18.3. The fraction of sp³-hybridized carbons (Fsp3) is 0.389. The number of carbonyl (C=O) groups excluding carboxylic acids is 1. The first-order chi connectivity index (χ1) is 12.0. The van der Waals surface area contributed by atoms with Gasteiger partial charge in [0.15, 0.2) is 11.4 Å². The van der Waals surface area contributed by atoms with E-state index in [2.05, 4.69) is 21.4 Å². The molecule has 0 unspecified atom stereocenters. The molecule has 3 aromatic heterocycles. The van der Waals surface area contributed by atoms with E-state index in [1.54, 1.807) is 13.2 Å². The molecule has 1 aliphatic rings. The summed E-state index contributed by atoms with van der Waals surface area (Å²) in [6.45, 7) is 7.17. The first-order valence-corrected chi connectivity index (χ1v) is 8.46. The number of hydrogen-bond donors (Lipinski definition) is 1. The van der Waals surface area contributed by atoms with E-state index in [1.165, 1.54) is 0 Å². The number of aryl methyl sites for hydroxylation is 2. The number of furan rings is 1. The molecule has 0 aliphatic carbocycles. The van der Waals surface area contributed by atoms with Gasteiger partial charge in [0.1, 0.15) is 5.69 Å². The van der Waals surface area contributed by atoms with Crippen molar-refractivity contribution < 1.29 is 9.21 Å². The maximum atomic E-state index is 11.3. The van der Waals surface area contributed by atoms with E-state index in [1.807, 2.05) is 30.5 Å². The van der Waals surface area contributed by atoms with Crippen LogP contribution in [0, 0.1) is 13.8 Å². The molecule has 3 aromatic rings. The zero-order valence-corrected chi connectivity index (χ0v) is 14.6. The van der Waals surface area contributed by atoms with Crippen LogP contribution in [0.5, 0.6) is 0 Å². The SMILES string of the molecule is CC(=O)N[C@@H]1CCN(c2cc(C)nn3c(-c4ccco4)c(C)nc23)C1. The molecular formula is C18H21N5O2. The number of hydrogen-bond acceptors (Lipinski definition) is 5. The number of imidazole rings is 1. The van der Waals surface area contributed by atoms with Crippen molar-refractivity contribution in [2.45, 2.75) is 33.2 Å². The van der Waals surface area contributed by atoms with Crippen molar-refractivity contribution in [2.75, 3.05) is 18.0 Å². The van der Waals surface area contributed by atoms with Crippen LogP contribution in [0.25, 0.3) is 17.1 Å². The number of amides is 1. The number of carbonyl (C=O) groups is 1. The molecule has 4 heterocycles. The lowest BCUT2D eigenvalue weighted by atomic mass is 10.2. The Labute approximate surface area is 145 Å². The zero-order valence-electron chi connectivity index (χ0n) is 14.6. The maximum Gasteiger partial charge on any atom is 0.217 e. The molecule has 25 heavy (non-hydrogen) atoms. The molecule has 1 fully saturated rings. The van der Waals surface area contributed by atoms with Gasteiger partial charge in [-0.2, -0.15) is 5.10 Å². The average molecular weight is 339 g/mol. The minimum atomic E-state index is 0.0136. The highest BCUT2D eigenvalue weighted by atomic mass is 16.3. The van der Waals surface area contributed by atoms with E-state index in [-0.39, 0.29) is 11.9 Å². The van der Waals surface area contributed by atoms with Crippen molar-refractivity contribution in [1.82, 2.24) is 19.9 Å². The molecule has 1 atom stereocenters. The number of anilines is 1. The summed E-state index contributed by atoms with van der Waals surface area (Å²) in [5.41, 5.74) is 4.53. The van der Waals surface area contributed by atoms with Crippen molar-refractivity contribution in [2.24, 2.45) is 0 Å². The molecule has 7 nitrogen and oxygen atoms in total. The first kappa shape index (κ1) is 15.7. The second kappa shape index (κ2) is 5.91. The molecular weight excluding hydrogens is 318 g/mol. The summed E-state index contributed by atoms with van der Waals surface area (Å²) < 4.78 is 7.44. The van der Waals surface area contributed by atoms with Gasteiger partial charge in [-0.3, -0.25) is 4.79 Å². The van der Waals surface area contributed by atoms with E-state index in [0.717, 1.165) is 53.7 Å². The van der Waals surface area contributed by atoms with Gasteiger partial charge in [0, 0.05) is 26.1 Å². The van der Waals surface area contributed by atoms with Crippen LogP contribution in [0.3, 0.4) is 0 Å². The molecule has 7 heteroatoms. The van der Waals surface area contributed by atoms with Crippen molar-refractivity contribution >= 4 is 17.2 Å². The van der Waals surface area contributed by atoms with Crippen LogP contribution in [0.4, 0.5) is 5.69 Å². The van der Waals surface area contributed by atoms with Crippen LogP contribution in [0.2, 0.25) is 0 Å². The average Bonchev–Trinajstić information content (AvgIpc) is 3.25. The third kappa shape index (κ3) is 2.75. The third-order valence-corrected chi connectivity index (χ3v) is 4.55. The lowest BCUT2D eigenvalue weighted by Gasteiger charge is -2.20. The molecule has 4 rings (SSSR count). The Balaban J connectivity index is 1.78. The Morgan fingerprint density at radius 3 is 2.96 bits per heavy atom. The third-order valence-electron chi connectivity index (χ3n) is 4.55. The Kier molecular flexibility index (Phi) is 3.71. The second-order valence-electron chi connectivity index (χ2n) is 6.56. The van der Waals surface area contributed by atoms with Gasteiger partial charge in [-0.1, -0.05) is 0 Å². The Morgan fingerprint density at radius 2 is 2.24 bits per heavy atom. The van der Waals surface area contributed by atoms with Gasteiger partial charge in [0.2, 0.25) is 5.91 Å². The van der Waals surface area contributed by atoms with E-state index < -0.39 is 0 Å². The summed E-state index contributed by atoms with van der Waals surface area (Å²) in [5.74, 6) is 0.770. The molecule has 0 radical (unpaired) electrons. The molecule has 1 aliphatic heterocycles. The monoisotopic (exact) mass is 339 g/mol. The lowest BCUT2D eigenvalue weighted by molar-refractivity contribution is -0.119. The van der Waals surface area contributed by atoms with Gasteiger partial charge >= 0.3 is 0 Å². The lowest BCUT2D eigenvalue weighted by Crippen LogP contribution is -2.35. The highest BCUT2D eigenvalue weighted by Gasteiger charge is 2.27. The molecule has 0 bridgehead atoms. The fourth-order valence-corrected chi connectivity index (χ4v) is 3.54. The van der Waals surface area contributed by atoms with Gasteiger partial charge in [-0.15, -0.1) is 0 Å². The topological polar surface area (TPSA) is 75.7 Å². The second-order valence-corrected chi connectivity index (χ2v) is 6.56. The quantitative estimate of drug-likeness (QED) is 0.792. The van der Waals surface area contributed by atoms with Crippen LogP contribution in [0.1, 0.15) is 24.7 Å². The van der Waals surface area contributed by atoms with Crippen molar-refractivity contribution in [3.8, 4) is 11.5 Å². The predicted octanol–water partition coefficient (Wildman–Crippen LogP) is 2.32. The number of nitrogens with one attached hydrogen (secondary N) is 1. The maximum absolute atomic E-state index is 11.3. The summed E-state index contributed by atoms with van der Waals surface area (Å²) in [7, 11) is 0. The zero-order chi connectivity index (χ0) is 17.6. The predicted molar refractivity (Wildman–Crippen MR) is 94.6 cm³/mol. The molecule has 1 amide bonds. The van der Waals surface area contributed by atoms with Crippen molar-refractivity contribution in [1.29, 1.82) is 0 Å². The van der Waals surface area contributed by atoms with Crippen LogP contribution < -0.4 is 10.2 Å². The number of aromatic nitrogens is 3. The van der Waals surface area contributed by atoms with Crippen LogP contribution >= 0.6 is 0 Å². The number of fused-ring (bicyclic) bond motifs is 1. The molecule has 0 aromatic carbocycles. The summed E-state index contributed by atoms with van der Waals surface area (Å²) in [6, 6.07) is 6.02. The van der Waals surface area contributed by atoms with E-state index in [0.29, 0.717) is 0 Å². The minimum Gasteiger partial charge on any atom is -0.463 e. The number of nitrogens with zero attached hydrogens (tertiary/aromatic N) is 4. The normalized spacial score (nSPS) is 17.4. The molecule has 1 saturated heterocycles. The van der Waals surface area contributed by atoms with Crippen molar-refractivity contribution in [3.63, 3.8) is 0 Å². The van der Waals surface area contributed by atoms with Crippen LogP contribution in [-0.4, -0.2) is 39.6 Å². The minimum absolute atomic E-state index is 0.0136. The summed E-state index contributed by atoms with van der Waals surface area (Å²) in [5, 5.41) is 7.65. The highest BCUT2D eigenvalue weighted by molar-refractivity contribution is 5.76. The molecule has 130 valence electrons. The highest BCUT2D eigenvalue weighted by Crippen LogP contribution is 2.31. The largest absolute Gasteiger partial charge is 0.463 e. The molecule has 1 N–H and O–H groups in total. The van der Waals surface area contributed by atoms with Gasteiger partial charge in [0.05, 0.1) is 23.3 Å². The Morgan fingerprint density at radius 1 is 1.40 bits per heavy atom. The van der Waals surface area contributed by atoms with Crippen molar-refractivity contribution in [3.05, 3.63) is 35.9 Å². The van der Waals surface area contributed by atoms with E-state index in [4.69, 9.17) is 9.40 Å². The molecule has 0 saturated carbocycles. The Hall–Kier alpha value is -2.83. The summed E-state index contributed by atoms with van der Waals surface area (Å²) >= 11 is 0. The smallest absolute Gasteiger partial charge is 0.217 e. The van der Waals surface area contributed by atoms with E-state index in [9.17, 15) is 4.79 Å². The van der Waals surface area contributed by atoms with Gasteiger partial charge < -0.3 is 14.6 Å². The van der Waals surface area contributed by atoms with Gasteiger partial charge in [0.25, 0.3) is 0 Å². The summed E-state index contributed by atoms with van der Waals surface area (Å²) in [6.07, 6.45) is 2.58. The van der Waals surface area contributed by atoms with E-state index >= 15 is 0 Å². The fourth-order valence-electron chi connectivity index (χ4n) is 3.54. The Bertz CT molecular complexity index is 929. The van der Waals surface area contributed by atoms with Gasteiger partial charge in [-0.25, -0.2) is 9.50 Å². The van der Waals surface area contributed by atoms with Crippen LogP contribution in [0.15, 0.2) is 28.9 Å².